The highest BCUT2D eigenvalue weighted by atomic mass is 14.2. The van der Waals surface area contributed by atoms with Crippen LogP contribution in [-0.4, -0.2) is 0 Å². The van der Waals surface area contributed by atoms with E-state index < -0.39 is 0 Å². The lowest BCUT2D eigenvalue weighted by Gasteiger charge is -1.97. The predicted octanol–water partition coefficient (Wildman–Crippen LogP) is 5.13. The highest BCUT2D eigenvalue weighted by Crippen LogP contribution is 2.27. The van der Waals surface area contributed by atoms with Gasteiger partial charge in [-0.15, -0.1) is 0 Å². The van der Waals surface area contributed by atoms with Gasteiger partial charge in [0, 0.05) is 5.92 Å². The largest absolute Gasteiger partial charge is 0.0714 e. The molecule has 0 aromatic heterocycles. The summed E-state index contributed by atoms with van der Waals surface area (Å²) in [7, 11) is 0. The second-order valence-electron chi connectivity index (χ2n) is 4.89. The SMILES string of the molecule is C1=C[C]1c1ccccc1.CCCc1cccc(C)c1. The molecule has 0 N–H and O–H groups in total. The molecule has 0 unspecified atom stereocenters. The lowest BCUT2D eigenvalue weighted by molar-refractivity contribution is 0.920. The predicted molar refractivity (Wildman–Crippen MR) is 83.1 cm³/mol. The van der Waals surface area contributed by atoms with E-state index >= 15 is 0 Å². The van der Waals surface area contributed by atoms with Crippen LogP contribution in [0.2, 0.25) is 0 Å². The van der Waals surface area contributed by atoms with Crippen molar-refractivity contribution in [3.63, 3.8) is 0 Å². The van der Waals surface area contributed by atoms with Crippen LogP contribution in [0, 0.1) is 12.8 Å². The van der Waals surface area contributed by atoms with Gasteiger partial charge in [0.1, 0.15) is 0 Å². The number of aryl methyl sites for hydroxylation is 2. The molecule has 0 nitrogen and oxygen atoms in total. The molecular formula is C19H21. The fraction of sp³-hybridized carbons (Fsp3) is 0.211. The van der Waals surface area contributed by atoms with Crippen molar-refractivity contribution < 1.29 is 0 Å². The lowest BCUT2D eigenvalue weighted by atomic mass is 10.1. The molecule has 3 rings (SSSR count). The molecule has 97 valence electrons. The van der Waals surface area contributed by atoms with Crippen LogP contribution >= 0.6 is 0 Å². The number of benzene rings is 2. The third-order valence-electron chi connectivity index (χ3n) is 3.06. The van der Waals surface area contributed by atoms with Crippen LogP contribution < -0.4 is 0 Å². The first kappa shape index (κ1) is 13.6. The molecule has 0 atom stereocenters. The fourth-order valence-electron chi connectivity index (χ4n) is 2.02. The highest BCUT2D eigenvalue weighted by Gasteiger charge is 2.12. The van der Waals surface area contributed by atoms with Gasteiger partial charge in [-0.05, 0) is 24.5 Å². The first-order valence-corrected chi connectivity index (χ1v) is 6.95. The normalized spacial score (nSPS) is 12.7. The third kappa shape index (κ3) is 4.75. The van der Waals surface area contributed by atoms with E-state index in [0.717, 1.165) is 0 Å². The minimum Gasteiger partial charge on any atom is -0.0714 e. The smallest absolute Gasteiger partial charge is 0.0479 e. The molecule has 0 aliphatic heterocycles. The molecule has 0 heteroatoms. The molecule has 2 aromatic carbocycles. The van der Waals surface area contributed by atoms with Crippen LogP contribution in [0.4, 0.5) is 0 Å². The van der Waals surface area contributed by atoms with Crippen LogP contribution in [0.25, 0.3) is 0 Å². The van der Waals surface area contributed by atoms with E-state index in [-0.39, 0.29) is 0 Å². The first-order chi connectivity index (χ1) is 9.29. The number of hydrogen-bond acceptors (Lipinski definition) is 0. The Morgan fingerprint density at radius 2 is 1.58 bits per heavy atom. The maximum atomic E-state index is 2.25. The molecule has 0 amide bonds. The molecular weight excluding hydrogens is 228 g/mol. The Balaban J connectivity index is 0.000000141. The van der Waals surface area contributed by atoms with Crippen LogP contribution in [0.3, 0.4) is 0 Å². The van der Waals surface area contributed by atoms with Gasteiger partial charge >= 0.3 is 0 Å². The summed E-state index contributed by atoms with van der Waals surface area (Å²) in [4.78, 5) is 0. The van der Waals surface area contributed by atoms with Crippen molar-refractivity contribution in [2.45, 2.75) is 26.7 Å². The summed E-state index contributed by atoms with van der Waals surface area (Å²) >= 11 is 0. The second-order valence-corrected chi connectivity index (χ2v) is 4.89. The van der Waals surface area contributed by atoms with E-state index in [1.807, 2.05) is 6.07 Å². The monoisotopic (exact) mass is 249 g/mol. The lowest BCUT2D eigenvalue weighted by Crippen LogP contribution is -1.82. The van der Waals surface area contributed by atoms with Gasteiger partial charge in [-0.1, -0.05) is 85.7 Å². The van der Waals surface area contributed by atoms with E-state index in [4.69, 9.17) is 0 Å². The van der Waals surface area contributed by atoms with Gasteiger partial charge in [0.15, 0.2) is 0 Å². The maximum Gasteiger partial charge on any atom is 0.0479 e. The molecule has 19 heavy (non-hydrogen) atoms. The van der Waals surface area contributed by atoms with Crippen LogP contribution in [-0.2, 0) is 6.42 Å². The minimum atomic E-state index is 1.21. The summed E-state index contributed by atoms with van der Waals surface area (Å²) in [5, 5.41) is 0. The van der Waals surface area contributed by atoms with Crippen molar-refractivity contribution in [2.24, 2.45) is 0 Å². The quantitative estimate of drug-likeness (QED) is 0.707. The number of hydrogen-bond donors (Lipinski definition) is 0. The van der Waals surface area contributed by atoms with Crippen molar-refractivity contribution >= 4 is 0 Å². The van der Waals surface area contributed by atoms with Gasteiger partial charge in [-0.2, -0.15) is 0 Å². The van der Waals surface area contributed by atoms with E-state index in [1.165, 1.54) is 35.4 Å². The maximum absolute atomic E-state index is 2.25. The van der Waals surface area contributed by atoms with Crippen LogP contribution in [0.15, 0.2) is 66.7 Å². The van der Waals surface area contributed by atoms with Gasteiger partial charge in [-0.25, -0.2) is 0 Å². The molecule has 1 radical (unpaired) electrons. The van der Waals surface area contributed by atoms with Crippen molar-refractivity contribution in [3.05, 3.63) is 89.4 Å². The van der Waals surface area contributed by atoms with Gasteiger partial charge in [0.05, 0.1) is 0 Å². The highest BCUT2D eigenvalue weighted by molar-refractivity contribution is 5.54. The average molecular weight is 249 g/mol. The Kier molecular flexibility index (Phi) is 4.97. The molecule has 1 aliphatic carbocycles. The van der Waals surface area contributed by atoms with Gasteiger partial charge in [0.2, 0.25) is 0 Å². The molecule has 0 heterocycles. The molecule has 2 aromatic rings. The Hall–Kier alpha value is -1.82. The zero-order valence-electron chi connectivity index (χ0n) is 11.8. The third-order valence-corrected chi connectivity index (χ3v) is 3.06. The zero-order valence-corrected chi connectivity index (χ0v) is 11.8. The molecule has 0 fully saturated rings. The van der Waals surface area contributed by atoms with E-state index in [1.54, 1.807) is 0 Å². The van der Waals surface area contributed by atoms with Crippen molar-refractivity contribution in [2.75, 3.05) is 0 Å². The van der Waals surface area contributed by atoms with E-state index in [0.29, 0.717) is 0 Å². The first-order valence-electron chi connectivity index (χ1n) is 6.95. The number of rotatable bonds is 3. The summed E-state index contributed by atoms with van der Waals surface area (Å²) in [5.74, 6) is 1.37. The average Bonchev–Trinajstić information content (AvgIpc) is 3.25. The minimum absolute atomic E-state index is 1.21. The Morgan fingerprint density at radius 3 is 2.16 bits per heavy atom. The van der Waals surface area contributed by atoms with Crippen LogP contribution in [0.1, 0.15) is 30.0 Å². The topological polar surface area (TPSA) is 0 Å². The Bertz CT molecular complexity index is 517. The Morgan fingerprint density at radius 1 is 0.842 bits per heavy atom. The van der Waals surface area contributed by atoms with Gasteiger partial charge in [0.25, 0.3) is 0 Å². The standard InChI is InChI=1S/C10H14.C9H7/c1-3-5-10-7-4-6-9(2)8-10;1-2-4-8(5-3-1)9-6-7-9/h4,6-8H,3,5H2,1-2H3;1-7H. The summed E-state index contributed by atoms with van der Waals surface area (Å²) in [5.41, 5.74) is 4.16. The number of allylic oxidation sites excluding steroid dienone is 2. The van der Waals surface area contributed by atoms with Crippen molar-refractivity contribution in [1.82, 2.24) is 0 Å². The summed E-state index contributed by atoms with van der Waals surface area (Å²) in [6.45, 7) is 4.35. The summed E-state index contributed by atoms with van der Waals surface area (Å²) < 4.78 is 0. The Labute approximate surface area is 116 Å². The molecule has 1 aliphatic rings. The van der Waals surface area contributed by atoms with E-state index in [9.17, 15) is 0 Å². The molecule has 0 saturated carbocycles. The van der Waals surface area contributed by atoms with Crippen molar-refractivity contribution in [3.8, 4) is 0 Å². The molecule has 0 spiro atoms. The van der Waals surface area contributed by atoms with Crippen molar-refractivity contribution in [1.29, 1.82) is 0 Å². The molecule has 0 bridgehead atoms. The summed E-state index contributed by atoms with van der Waals surface area (Å²) in [6, 6.07) is 19.1. The van der Waals surface area contributed by atoms with Crippen LogP contribution in [0.5, 0.6) is 0 Å². The van der Waals surface area contributed by atoms with E-state index in [2.05, 4.69) is 74.5 Å². The fourth-order valence-corrected chi connectivity index (χ4v) is 2.02. The van der Waals surface area contributed by atoms with Gasteiger partial charge in [-0.3, -0.25) is 0 Å². The molecule has 0 saturated heterocycles. The summed E-state index contributed by atoms with van der Waals surface area (Å²) in [6.07, 6.45) is 6.69. The second kappa shape index (κ2) is 6.94. The zero-order chi connectivity index (χ0) is 13.5. The van der Waals surface area contributed by atoms with Gasteiger partial charge < -0.3 is 0 Å².